The fraction of sp³-hybridized carbons (Fsp3) is 0.333. The number of anilines is 1. The van der Waals surface area contributed by atoms with Crippen LogP contribution in [0.3, 0.4) is 0 Å². The summed E-state index contributed by atoms with van der Waals surface area (Å²) in [6.07, 6.45) is 9.75. The molecule has 0 bridgehead atoms. The number of hydrogen-bond donors (Lipinski definition) is 0. The van der Waals surface area contributed by atoms with E-state index in [9.17, 15) is 4.39 Å². The van der Waals surface area contributed by atoms with Crippen LogP contribution in [0, 0.1) is 5.82 Å². The van der Waals surface area contributed by atoms with E-state index in [1.807, 2.05) is 30.6 Å². The molecule has 118 valence electrons. The fourth-order valence-electron chi connectivity index (χ4n) is 3.29. The Hall–Kier alpha value is -2.43. The summed E-state index contributed by atoms with van der Waals surface area (Å²) >= 11 is 0. The number of amidine groups is 1. The average molecular weight is 310 g/mol. The van der Waals surface area contributed by atoms with Crippen molar-refractivity contribution in [1.82, 2.24) is 4.90 Å². The summed E-state index contributed by atoms with van der Waals surface area (Å²) in [6.45, 7) is 4.32. The van der Waals surface area contributed by atoms with Crippen LogP contribution in [0.2, 0.25) is 0 Å². The summed E-state index contributed by atoms with van der Waals surface area (Å²) in [4.78, 5) is 13.7. The molecule has 5 heteroatoms. The number of halogens is 1. The average Bonchev–Trinajstić information content (AvgIpc) is 2.54. The molecule has 3 aliphatic rings. The second-order valence-electron chi connectivity index (χ2n) is 6.70. The first kappa shape index (κ1) is 14.2. The number of benzene rings is 1. The zero-order valence-corrected chi connectivity index (χ0v) is 13.3. The van der Waals surface area contributed by atoms with Crippen LogP contribution >= 0.6 is 0 Å². The van der Waals surface area contributed by atoms with Gasteiger partial charge in [0.2, 0.25) is 0 Å². The predicted molar refractivity (Wildman–Crippen MR) is 91.0 cm³/mol. The third-order valence-electron chi connectivity index (χ3n) is 4.48. The molecule has 23 heavy (non-hydrogen) atoms. The fourth-order valence-corrected chi connectivity index (χ4v) is 3.29. The van der Waals surface area contributed by atoms with Crippen LogP contribution in [0.4, 0.5) is 10.1 Å². The van der Waals surface area contributed by atoms with Crippen LogP contribution < -0.4 is 4.90 Å². The van der Waals surface area contributed by atoms with Crippen LogP contribution in [0.25, 0.3) is 0 Å². The van der Waals surface area contributed by atoms with Crippen molar-refractivity contribution in [2.75, 3.05) is 4.90 Å². The maximum absolute atomic E-state index is 13.3. The monoisotopic (exact) mass is 310 g/mol. The number of allylic oxidation sites excluding steroid dienone is 1. The van der Waals surface area contributed by atoms with Crippen molar-refractivity contribution in [3.63, 3.8) is 0 Å². The van der Waals surface area contributed by atoms with Crippen LogP contribution in [-0.2, 0) is 0 Å². The van der Waals surface area contributed by atoms with Crippen molar-refractivity contribution < 1.29 is 4.39 Å². The van der Waals surface area contributed by atoms with Crippen LogP contribution in [0.5, 0.6) is 0 Å². The van der Waals surface area contributed by atoms with Crippen molar-refractivity contribution in [1.29, 1.82) is 0 Å². The Kier molecular flexibility index (Phi) is 3.11. The van der Waals surface area contributed by atoms with Gasteiger partial charge < -0.3 is 4.90 Å². The van der Waals surface area contributed by atoms with E-state index < -0.39 is 0 Å². The van der Waals surface area contributed by atoms with Crippen LogP contribution in [0.1, 0.15) is 26.7 Å². The Balaban J connectivity index is 1.82. The number of fused-ring (bicyclic) bond motifs is 3. The Morgan fingerprint density at radius 1 is 1.22 bits per heavy atom. The summed E-state index contributed by atoms with van der Waals surface area (Å²) in [7, 11) is 0. The lowest BCUT2D eigenvalue weighted by Crippen LogP contribution is -2.53. The molecule has 3 aliphatic heterocycles. The van der Waals surface area contributed by atoms with Crippen LogP contribution in [0.15, 0.2) is 58.5 Å². The molecule has 0 spiro atoms. The molecule has 3 heterocycles. The highest BCUT2D eigenvalue weighted by molar-refractivity contribution is 5.96. The molecule has 0 saturated carbocycles. The van der Waals surface area contributed by atoms with E-state index in [0.717, 1.165) is 30.2 Å². The van der Waals surface area contributed by atoms with Gasteiger partial charge in [-0.3, -0.25) is 9.89 Å². The van der Waals surface area contributed by atoms with Gasteiger partial charge in [-0.25, -0.2) is 9.38 Å². The maximum Gasteiger partial charge on any atom is 0.154 e. The number of hydrogen-bond acceptors (Lipinski definition) is 4. The van der Waals surface area contributed by atoms with E-state index in [4.69, 9.17) is 4.99 Å². The number of aliphatic imine (C=N–C) groups is 2. The highest BCUT2D eigenvalue weighted by Gasteiger charge is 2.39. The van der Waals surface area contributed by atoms with Gasteiger partial charge in [0.15, 0.2) is 5.82 Å². The van der Waals surface area contributed by atoms with Gasteiger partial charge in [-0.1, -0.05) is 0 Å². The summed E-state index contributed by atoms with van der Waals surface area (Å²) in [5.41, 5.74) is 0.887. The summed E-state index contributed by atoms with van der Waals surface area (Å²) < 4.78 is 13.3. The lowest BCUT2D eigenvalue weighted by molar-refractivity contribution is 0.399. The summed E-state index contributed by atoms with van der Waals surface area (Å²) in [6, 6.07) is 6.75. The Bertz CT molecular complexity index is 743. The van der Waals surface area contributed by atoms with E-state index in [1.54, 1.807) is 6.21 Å². The van der Waals surface area contributed by atoms with E-state index >= 15 is 0 Å². The van der Waals surface area contributed by atoms with Crippen molar-refractivity contribution in [2.45, 2.75) is 38.3 Å². The lowest BCUT2D eigenvalue weighted by Gasteiger charge is -2.45. The lowest BCUT2D eigenvalue weighted by atomic mass is 9.90. The highest BCUT2D eigenvalue weighted by Crippen LogP contribution is 2.36. The van der Waals surface area contributed by atoms with Crippen molar-refractivity contribution in [3.8, 4) is 0 Å². The maximum atomic E-state index is 13.3. The zero-order valence-electron chi connectivity index (χ0n) is 13.3. The largest absolute Gasteiger partial charge is 0.334 e. The first-order chi connectivity index (χ1) is 11.0. The minimum absolute atomic E-state index is 0.0717. The topological polar surface area (TPSA) is 31.2 Å². The van der Waals surface area contributed by atoms with E-state index in [0.29, 0.717) is 0 Å². The molecule has 0 radical (unpaired) electrons. The van der Waals surface area contributed by atoms with Gasteiger partial charge in [-0.05, 0) is 57.0 Å². The molecule has 4 nitrogen and oxygen atoms in total. The van der Waals surface area contributed by atoms with Gasteiger partial charge >= 0.3 is 0 Å². The van der Waals surface area contributed by atoms with Crippen molar-refractivity contribution >= 4 is 17.7 Å². The molecular formula is C18H19FN4. The normalized spacial score (nSPS) is 24.7. The SMILES string of the molecule is CC1(C)CCC2C(=N1)N1C=CC=NC1=CN2c1ccc(F)cc1. The number of nitrogens with zero attached hydrogens (tertiary/aromatic N) is 4. The first-order valence-electron chi connectivity index (χ1n) is 7.89. The molecule has 0 N–H and O–H groups in total. The molecular weight excluding hydrogens is 291 g/mol. The van der Waals surface area contributed by atoms with Gasteiger partial charge in [-0.15, -0.1) is 0 Å². The van der Waals surface area contributed by atoms with Crippen molar-refractivity contribution in [3.05, 3.63) is 54.4 Å². The second-order valence-corrected chi connectivity index (χ2v) is 6.70. The van der Waals surface area contributed by atoms with E-state index in [1.165, 1.54) is 12.1 Å². The van der Waals surface area contributed by atoms with Gasteiger partial charge in [0.05, 0.1) is 11.6 Å². The van der Waals surface area contributed by atoms with Gasteiger partial charge in [0.1, 0.15) is 11.7 Å². The molecule has 1 atom stereocenters. The second kappa shape index (κ2) is 5.05. The minimum Gasteiger partial charge on any atom is -0.334 e. The predicted octanol–water partition coefficient (Wildman–Crippen LogP) is 3.68. The smallest absolute Gasteiger partial charge is 0.154 e. The standard InChI is InChI=1S/C18H19FN4/c1-18(2)9-8-15-17(21-18)22-11-3-10-20-16(22)12-23(15)14-6-4-13(19)5-7-14/h3-7,10-12,15H,8-9H2,1-2H3. The van der Waals surface area contributed by atoms with E-state index in [2.05, 4.69) is 28.6 Å². The van der Waals surface area contributed by atoms with Gasteiger partial charge in [-0.2, -0.15) is 0 Å². The minimum atomic E-state index is -0.225. The van der Waals surface area contributed by atoms with E-state index in [-0.39, 0.29) is 17.4 Å². The third-order valence-corrected chi connectivity index (χ3v) is 4.48. The Morgan fingerprint density at radius 2 is 2.00 bits per heavy atom. The molecule has 0 fully saturated rings. The summed E-state index contributed by atoms with van der Waals surface area (Å²) in [5.74, 6) is 1.62. The highest BCUT2D eigenvalue weighted by atomic mass is 19.1. The zero-order chi connectivity index (χ0) is 16.0. The molecule has 0 aromatic heterocycles. The molecule has 1 unspecified atom stereocenters. The van der Waals surface area contributed by atoms with Gasteiger partial charge in [0.25, 0.3) is 0 Å². The van der Waals surface area contributed by atoms with Crippen LogP contribution in [-0.4, -0.2) is 28.5 Å². The first-order valence-corrected chi connectivity index (χ1v) is 7.89. The summed E-state index contributed by atoms with van der Waals surface area (Å²) in [5, 5.41) is 0. The molecule has 4 rings (SSSR count). The molecule has 0 aliphatic carbocycles. The molecule has 1 aromatic rings. The van der Waals surface area contributed by atoms with Crippen molar-refractivity contribution in [2.24, 2.45) is 9.98 Å². The Labute approximate surface area is 135 Å². The van der Waals surface area contributed by atoms with Gasteiger partial charge in [0, 0.05) is 24.3 Å². The molecule has 1 aromatic carbocycles. The third kappa shape index (κ3) is 2.46. The number of rotatable bonds is 1. The molecule has 0 amide bonds. The molecule has 0 saturated heterocycles. The Morgan fingerprint density at radius 3 is 2.78 bits per heavy atom. The quantitative estimate of drug-likeness (QED) is 0.792.